The van der Waals surface area contributed by atoms with Crippen LogP contribution in [0.4, 0.5) is 11.6 Å². The maximum absolute atomic E-state index is 14.7. The normalized spacial score (nSPS) is 21.3. The number of likely N-dealkylation sites (tertiary alicyclic amines) is 1. The number of imidazole rings is 1. The maximum Gasteiger partial charge on any atom is 0.308 e. The quantitative estimate of drug-likeness (QED) is 0.231. The molecule has 0 spiro atoms. The van der Waals surface area contributed by atoms with E-state index in [1.807, 2.05) is 24.3 Å². The lowest BCUT2D eigenvalue weighted by molar-refractivity contribution is -0.149. The number of aromatic nitrogens is 4. The Hall–Kier alpha value is -4.37. The predicted molar refractivity (Wildman–Crippen MR) is 189 cm³/mol. The second-order valence-corrected chi connectivity index (χ2v) is 15.9. The van der Waals surface area contributed by atoms with E-state index < -0.39 is 27.5 Å². The molecule has 2 aromatic heterocycles. The first-order valence-electron chi connectivity index (χ1n) is 16.5. The number of halogens is 2. The van der Waals surface area contributed by atoms with Crippen LogP contribution in [0.1, 0.15) is 38.2 Å². The van der Waals surface area contributed by atoms with E-state index >= 15 is 0 Å². The van der Waals surface area contributed by atoms with E-state index in [0.717, 1.165) is 16.7 Å². The van der Waals surface area contributed by atoms with E-state index in [9.17, 15) is 22.8 Å². The van der Waals surface area contributed by atoms with Crippen molar-refractivity contribution >= 4 is 62.6 Å². The molecule has 51 heavy (non-hydrogen) atoms. The van der Waals surface area contributed by atoms with E-state index in [4.69, 9.17) is 27.9 Å². The number of sulfonamides is 1. The average Bonchev–Trinajstić information content (AvgIpc) is 3.85. The van der Waals surface area contributed by atoms with Crippen LogP contribution < -0.4 is 4.90 Å². The molecular formula is C35H35Cl2N7O6S. The summed E-state index contributed by atoms with van der Waals surface area (Å²) in [6.45, 7) is 2.46. The van der Waals surface area contributed by atoms with Crippen LogP contribution in [0.5, 0.6) is 0 Å². The first-order valence-corrected chi connectivity index (χ1v) is 18.7. The molecule has 2 saturated heterocycles. The van der Waals surface area contributed by atoms with Gasteiger partial charge < -0.3 is 9.64 Å². The number of esters is 1. The van der Waals surface area contributed by atoms with Crippen molar-refractivity contribution in [3.05, 3.63) is 83.0 Å². The molecule has 7 rings (SSSR count). The number of fused-ring (bicyclic) bond motifs is 1. The van der Waals surface area contributed by atoms with Gasteiger partial charge in [0.1, 0.15) is 17.9 Å². The molecule has 4 aromatic rings. The molecule has 2 unspecified atom stereocenters. The van der Waals surface area contributed by atoms with Gasteiger partial charge in [0.2, 0.25) is 11.9 Å². The first kappa shape index (κ1) is 35.1. The molecule has 3 aliphatic heterocycles. The molecule has 0 radical (unpaired) electrons. The summed E-state index contributed by atoms with van der Waals surface area (Å²) in [4.78, 5) is 56.1. The Bertz CT molecular complexity index is 2090. The van der Waals surface area contributed by atoms with Gasteiger partial charge in [0, 0.05) is 54.1 Å². The number of anilines is 2. The highest BCUT2D eigenvalue weighted by atomic mass is 35.5. The summed E-state index contributed by atoms with van der Waals surface area (Å²) in [5, 5.41) is 0.380. The number of methoxy groups -OCH3 is 1. The highest BCUT2D eigenvalue weighted by Crippen LogP contribution is 2.45. The Labute approximate surface area is 305 Å². The SMILES string of the molecule is COC(=O)C1CCN(C(=O)C2CCCN2S(=O)(=O)c2cnc3n2C(C)(Cc2ccc(-c4cncnc4)cc2)C(=O)N3c2cc(Cl)cc(Cl)c2)CC1. The van der Waals surface area contributed by atoms with Gasteiger partial charge >= 0.3 is 5.97 Å². The van der Waals surface area contributed by atoms with Gasteiger partial charge in [-0.1, -0.05) is 47.5 Å². The number of hydrogen-bond acceptors (Lipinski definition) is 9. The summed E-state index contributed by atoms with van der Waals surface area (Å²) in [5.74, 6) is -1.26. The minimum atomic E-state index is -4.37. The van der Waals surface area contributed by atoms with Gasteiger partial charge in [0.25, 0.3) is 15.9 Å². The molecule has 0 N–H and O–H groups in total. The van der Waals surface area contributed by atoms with Gasteiger partial charge in [0.05, 0.1) is 24.9 Å². The Morgan fingerprint density at radius 3 is 2.25 bits per heavy atom. The van der Waals surface area contributed by atoms with Crippen molar-refractivity contribution in [3.8, 4) is 11.1 Å². The zero-order valence-electron chi connectivity index (χ0n) is 27.9. The fraction of sp³-hybridized carbons (Fsp3) is 0.371. The molecule has 3 aliphatic rings. The Morgan fingerprint density at radius 2 is 1.61 bits per heavy atom. The number of benzene rings is 2. The van der Waals surface area contributed by atoms with Crippen LogP contribution >= 0.6 is 23.2 Å². The predicted octanol–water partition coefficient (Wildman–Crippen LogP) is 4.85. The molecule has 13 nitrogen and oxygen atoms in total. The van der Waals surface area contributed by atoms with Crippen molar-refractivity contribution in [1.29, 1.82) is 0 Å². The van der Waals surface area contributed by atoms with Crippen molar-refractivity contribution in [2.24, 2.45) is 5.92 Å². The van der Waals surface area contributed by atoms with E-state index in [1.54, 1.807) is 36.4 Å². The topological polar surface area (TPSA) is 148 Å². The van der Waals surface area contributed by atoms with Gasteiger partial charge in [-0.25, -0.2) is 28.3 Å². The molecule has 266 valence electrons. The largest absolute Gasteiger partial charge is 0.469 e. The van der Waals surface area contributed by atoms with Crippen molar-refractivity contribution in [2.75, 3.05) is 31.6 Å². The van der Waals surface area contributed by atoms with Crippen LogP contribution in [-0.2, 0) is 41.1 Å². The zero-order chi connectivity index (χ0) is 36.1. The van der Waals surface area contributed by atoms with E-state index in [-0.39, 0.29) is 41.7 Å². The number of nitrogens with zero attached hydrogens (tertiary/aromatic N) is 7. The molecule has 0 aliphatic carbocycles. The first-order chi connectivity index (χ1) is 24.4. The van der Waals surface area contributed by atoms with Crippen LogP contribution in [0, 0.1) is 5.92 Å². The number of rotatable bonds is 8. The summed E-state index contributed by atoms with van der Waals surface area (Å²) in [6.07, 6.45) is 7.93. The van der Waals surface area contributed by atoms with Crippen LogP contribution in [0.2, 0.25) is 10.0 Å². The van der Waals surface area contributed by atoms with Crippen molar-refractivity contribution in [2.45, 2.75) is 55.6 Å². The minimum Gasteiger partial charge on any atom is -0.469 e. The summed E-state index contributed by atoms with van der Waals surface area (Å²) in [5.41, 5.74) is 1.34. The van der Waals surface area contributed by atoms with Gasteiger partial charge in [-0.15, -0.1) is 0 Å². The smallest absolute Gasteiger partial charge is 0.308 e. The van der Waals surface area contributed by atoms with Crippen LogP contribution in [-0.4, -0.2) is 87.7 Å². The highest BCUT2D eigenvalue weighted by molar-refractivity contribution is 7.89. The number of piperidine rings is 1. The molecule has 2 atom stereocenters. The third-order valence-corrected chi connectivity index (χ3v) is 12.3. The molecular weight excluding hydrogens is 717 g/mol. The maximum atomic E-state index is 14.7. The number of amides is 2. The van der Waals surface area contributed by atoms with Crippen LogP contribution in [0.25, 0.3) is 11.1 Å². The third-order valence-electron chi connectivity index (χ3n) is 9.97. The van der Waals surface area contributed by atoms with Gasteiger partial charge in [-0.2, -0.15) is 4.31 Å². The second-order valence-electron chi connectivity index (χ2n) is 13.2. The fourth-order valence-corrected chi connectivity index (χ4v) is 9.74. The van der Waals surface area contributed by atoms with E-state index in [1.165, 1.54) is 39.5 Å². The number of ether oxygens (including phenoxy) is 1. The van der Waals surface area contributed by atoms with Gasteiger partial charge in [-0.05, 0) is 61.9 Å². The molecule has 2 amide bonds. The number of carbonyl (C=O) groups is 3. The standard InChI is InChI=1S/C35H35Cl2N7O6S/c1-35(17-22-5-7-23(8-6-22)25-18-38-21-39-19-25)33(47)43(28-15-26(36)14-27(37)16-28)34-40-20-30(44(34)35)51(48,49)42-11-3-4-29(42)31(45)41-12-9-24(10-13-41)32(46)50-2/h5-8,14-16,18-21,24,29H,3-4,9-13,17H2,1-2H3. The Kier molecular flexibility index (Phi) is 9.37. The van der Waals surface area contributed by atoms with Crippen molar-refractivity contribution < 1.29 is 27.5 Å². The van der Waals surface area contributed by atoms with E-state index in [2.05, 4.69) is 15.0 Å². The minimum absolute atomic E-state index is 0.0874. The molecule has 0 bridgehead atoms. The van der Waals surface area contributed by atoms with Gasteiger partial charge in [0.15, 0.2) is 5.03 Å². The number of hydrogen-bond donors (Lipinski definition) is 0. The molecule has 2 aromatic carbocycles. The highest BCUT2D eigenvalue weighted by Gasteiger charge is 2.53. The summed E-state index contributed by atoms with van der Waals surface area (Å²) >= 11 is 12.7. The third kappa shape index (κ3) is 6.28. The fourth-order valence-electron chi connectivity index (χ4n) is 7.38. The van der Waals surface area contributed by atoms with Gasteiger partial charge in [-0.3, -0.25) is 19.0 Å². The lowest BCUT2D eigenvalue weighted by atomic mass is 9.91. The van der Waals surface area contributed by atoms with Crippen molar-refractivity contribution in [1.82, 2.24) is 28.7 Å². The molecule has 0 saturated carbocycles. The summed E-state index contributed by atoms with van der Waals surface area (Å²) < 4.78 is 36.9. The Balaban J connectivity index is 1.25. The zero-order valence-corrected chi connectivity index (χ0v) is 30.2. The van der Waals surface area contributed by atoms with E-state index in [0.29, 0.717) is 54.5 Å². The number of carbonyl (C=O) groups excluding carboxylic acids is 3. The summed E-state index contributed by atoms with van der Waals surface area (Å²) in [6, 6.07) is 11.3. The molecule has 2 fully saturated rings. The monoisotopic (exact) mass is 751 g/mol. The van der Waals surface area contributed by atoms with Crippen molar-refractivity contribution in [3.63, 3.8) is 0 Å². The lowest BCUT2D eigenvalue weighted by Crippen LogP contribution is -2.51. The lowest BCUT2D eigenvalue weighted by Gasteiger charge is -2.34. The van der Waals surface area contributed by atoms with Crippen LogP contribution in [0.3, 0.4) is 0 Å². The summed E-state index contributed by atoms with van der Waals surface area (Å²) in [7, 11) is -3.02. The molecule has 16 heteroatoms. The Morgan fingerprint density at radius 1 is 0.941 bits per heavy atom. The molecule has 5 heterocycles. The average molecular weight is 753 g/mol. The van der Waals surface area contributed by atoms with Crippen LogP contribution in [0.15, 0.2) is 72.4 Å². The second kappa shape index (κ2) is 13.6.